The fourth-order valence-corrected chi connectivity index (χ4v) is 4.02. The van der Waals surface area contributed by atoms with E-state index in [0.29, 0.717) is 0 Å². The van der Waals surface area contributed by atoms with Gasteiger partial charge < -0.3 is 54.7 Å². The van der Waals surface area contributed by atoms with Gasteiger partial charge in [-0.1, -0.05) is 24.3 Å². The molecule has 3 rings (SSSR count). The van der Waals surface area contributed by atoms with Crippen LogP contribution in [0, 0.1) is 0 Å². The van der Waals surface area contributed by atoms with Crippen molar-refractivity contribution in [2.24, 2.45) is 9.98 Å². The van der Waals surface area contributed by atoms with Gasteiger partial charge in [0.1, 0.15) is 42.0 Å². The maximum Gasteiger partial charge on any atom is 0.303 e. The summed E-state index contributed by atoms with van der Waals surface area (Å²) in [6.07, 6.45) is -9.46. The molecule has 0 saturated carbocycles. The molecule has 1 fully saturated rings. The van der Waals surface area contributed by atoms with E-state index in [9.17, 15) is 40.5 Å². The normalized spacial score (nSPS) is 25.0. The quantitative estimate of drug-likeness (QED) is 0.0830. The van der Waals surface area contributed by atoms with Gasteiger partial charge in [0.25, 0.3) is 0 Å². The standard InChI is InChI=1S/C28H36N2O12/c1-16(33)39-27-25(37)23(15-32)42-28(26(27)38)41-21(12-29-10-17-2-6-19(34)7-3-17)22(14-31)40-24(36)13-30-11-18-4-8-20(35)9-5-18/h2-9,12-13,21-28,31-32,34-38H,10-11,14-15H2,1H3/t21-,22-,23-,24+,25+,26-,27+,28-/m1/s1. The monoisotopic (exact) mass is 592 g/mol. The molecular weight excluding hydrogens is 556 g/mol. The number of rotatable bonds is 14. The van der Waals surface area contributed by atoms with Gasteiger partial charge in [-0.15, -0.1) is 0 Å². The first-order chi connectivity index (χ1) is 20.1. The zero-order valence-electron chi connectivity index (χ0n) is 22.8. The summed E-state index contributed by atoms with van der Waals surface area (Å²) >= 11 is 0. The lowest BCUT2D eigenvalue weighted by molar-refractivity contribution is -0.315. The van der Waals surface area contributed by atoms with Crippen LogP contribution in [0.4, 0.5) is 0 Å². The smallest absolute Gasteiger partial charge is 0.303 e. The Balaban J connectivity index is 1.77. The van der Waals surface area contributed by atoms with E-state index in [1.165, 1.54) is 30.5 Å². The Labute approximate surface area is 241 Å². The van der Waals surface area contributed by atoms with Crippen LogP contribution in [0.3, 0.4) is 0 Å². The maximum atomic E-state index is 11.6. The molecule has 1 saturated heterocycles. The molecule has 230 valence electrons. The van der Waals surface area contributed by atoms with Crippen molar-refractivity contribution in [2.75, 3.05) is 13.2 Å². The molecule has 2 aromatic rings. The number of aliphatic hydroxyl groups is 5. The number of carbonyl (C=O) groups excluding carboxylic acids is 1. The predicted octanol–water partition coefficient (Wildman–Crippen LogP) is -0.609. The molecule has 14 heteroatoms. The minimum atomic E-state index is -1.71. The van der Waals surface area contributed by atoms with Crippen molar-refractivity contribution in [1.82, 2.24) is 0 Å². The highest BCUT2D eigenvalue weighted by Gasteiger charge is 2.48. The van der Waals surface area contributed by atoms with Gasteiger partial charge in [-0.25, -0.2) is 0 Å². The third-order valence-corrected chi connectivity index (χ3v) is 6.18. The summed E-state index contributed by atoms with van der Waals surface area (Å²) in [6.45, 7) is -0.0138. The van der Waals surface area contributed by atoms with Crippen molar-refractivity contribution in [1.29, 1.82) is 0 Å². The Morgan fingerprint density at radius 1 is 0.929 bits per heavy atom. The highest BCUT2D eigenvalue weighted by molar-refractivity contribution is 5.66. The molecule has 0 bridgehead atoms. The summed E-state index contributed by atoms with van der Waals surface area (Å²) in [4.78, 5) is 19.9. The summed E-state index contributed by atoms with van der Waals surface area (Å²) in [6, 6.07) is 12.5. The number of nitrogens with zero attached hydrogens (tertiary/aromatic N) is 2. The van der Waals surface area contributed by atoms with Gasteiger partial charge in [0.15, 0.2) is 18.7 Å². The number of esters is 1. The van der Waals surface area contributed by atoms with Crippen LogP contribution < -0.4 is 0 Å². The summed E-state index contributed by atoms with van der Waals surface area (Å²) < 4.78 is 21.9. The largest absolute Gasteiger partial charge is 0.508 e. The molecule has 1 heterocycles. The Morgan fingerprint density at radius 2 is 1.48 bits per heavy atom. The zero-order valence-corrected chi connectivity index (χ0v) is 22.8. The van der Waals surface area contributed by atoms with Gasteiger partial charge in [0, 0.05) is 13.1 Å². The molecule has 0 aliphatic carbocycles. The minimum absolute atomic E-state index is 0.0742. The lowest BCUT2D eigenvalue weighted by atomic mass is 9.99. The molecule has 0 aromatic heterocycles. The third kappa shape index (κ3) is 9.82. The van der Waals surface area contributed by atoms with E-state index in [1.54, 1.807) is 24.3 Å². The molecule has 0 amide bonds. The van der Waals surface area contributed by atoms with Crippen LogP contribution in [0.25, 0.3) is 0 Å². The van der Waals surface area contributed by atoms with Gasteiger partial charge in [-0.2, -0.15) is 0 Å². The molecule has 0 unspecified atom stereocenters. The first-order valence-corrected chi connectivity index (χ1v) is 13.1. The summed E-state index contributed by atoms with van der Waals surface area (Å²) in [5.74, 6) is -0.625. The molecule has 0 spiro atoms. The van der Waals surface area contributed by atoms with Crippen LogP contribution in [0.5, 0.6) is 11.5 Å². The Morgan fingerprint density at radius 3 is 1.98 bits per heavy atom. The molecule has 2 aromatic carbocycles. The van der Waals surface area contributed by atoms with Crippen LogP contribution in [0.2, 0.25) is 0 Å². The van der Waals surface area contributed by atoms with Gasteiger partial charge in [-0.05, 0) is 35.4 Å². The average Bonchev–Trinajstić information content (AvgIpc) is 2.96. The van der Waals surface area contributed by atoms with E-state index in [4.69, 9.17) is 18.9 Å². The lowest BCUT2D eigenvalue weighted by Gasteiger charge is -2.42. The van der Waals surface area contributed by atoms with Crippen molar-refractivity contribution in [2.45, 2.75) is 69.2 Å². The fraction of sp³-hybridized carbons (Fsp3) is 0.464. The van der Waals surface area contributed by atoms with Crippen LogP contribution in [-0.4, -0.2) is 117 Å². The first-order valence-electron chi connectivity index (χ1n) is 13.1. The maximum absolute atomic E-state index is 11.6. The highest BCUT2D eigenvalue weighted by atomic mass is 16.7. The number of hydrogen-bond donors (Lipinski definition) is 7. The number of phenols is 2. The number of aliphatic imine (C=N–C) groups is 2. The average molecular weight is 593 g/mol. The summed E-state index contributed by atoms with van der Waals surface area (Å²) in [5, 5.41) is 70.2. The van der Waals surface area contributed by atoms with Gasteiger partial charge in [0.2, 0.25) is 0 Å². The van der Waals surface area contributed by atoms with Crippen LogP contribution in [0.15, 0.2) is 58.5 Å². The number of aliphatic hydroxyl groups excluding tert-OH is 5. The van der Waals surface area contributed by atoms with E-state index in [0.717, 1.165) is 24.3 Å². The molecule has 0 radical (unpaired) electrons. The molecule has 8 atom stereocenters. The second kappa shape index (κ2) is 16.2. The molecule has 14 nitrogen and oxygen atoms in total. The van der Waals surface area contributed by atoms with Crippen LogP contribution in [-0.2, 0) is 36.8 Å². The lowest BCUT2D eigenvalue weighted by Crippen LogP contribution is -2.61. The van der Waals surface area contributed by atoms with Crippen LogP contribution in [0.1, 0.15) is 18.1 Å². The highest BCUT2D eigenvalue weighted by Crippen LogP contribution is 2.26. The molecular formula is C28H36N2O12. The summed E-state index contributed by atoms with van der Waals surface area (Å²) in [5.41, 5.74) is 1.47. The number of hydrogen-bond acceptors (Lipinski definition) is 14. The van der Waals surface area contributed by atoms with E-state index < -0.39 is 68.4 Å². The topological polar surface area (TPSA) is 220 Å². The predicted molar refractivity (Wildman–Crippen MR) is 147 cm³/mol. The van der Waals surface area contributed by atoms with Crippen molar-refractivity contribution in [3.8, 4) is 11.5 Å². The van der Waals surface area contributed by atoms with Crippen molar-refractivity contribution < 1.29 is 59.5 Å². The molecule has 1 aliphatic heterocycles. The van der Waals surface area contributed by atoms with E-state index in [-0.39, 0.29) is 24.6 Å². The second-order valence-corrected chi connectivity index (χ2v) is 9.44. The zero-order chi connectivity index (χ0) is 30.6. The van der Waals surface area contributed by atoms with E-state index in [2.05, 4.69) is 9.98 Å². The fourth-order valence-electron chi connectivity index (χ4n) is 4.02. The minimum Gasteiger partial charge on any atom is -0.508 e. The van der Waals surface area contributed by atoms with Crippen molar-refractivity contribution in [3.63, 3.8) is 0 Å². The number of benzene rings is 2. The molecule has 42 heavy (non-hydrogen) atoms. The number of ether oxygens (including phenoxy) is 4. The number of aromatic hydroxyl groups is 2. The SMILES string of the molecule is CC(=O)O[C@H]1[C@@H](O)[C@@H](CO)O[C@@H](O[C@H](C=NCc2ccc(O)cc2)[C@@H](CO)O[C@H](O)C=NCc2ccc(O)cc2)[C@@H]1O. The van der Waals surface area contributed by atoms with E-state index >= 15 is 0 Å². The van der Waals surface area contributed by atoms with Gasteiger partial charge in [0.05, 0.1) is 32.5 Å². The Hall–Kier alpha value is -3.47. The second-order valence-electron chi connectivity index (χ2n) is 9.44. The molecule has 1 aliphatic rings. The third-order valence-electron chi connectivity index (χ3n) is 6.18. The molecule has 7 N–H and O–H groups in total. The summed E-state index contributed by atoms with van der Waals surface area (Å²) in [7, 11) is 0. The Bertz CT molecular complexity index is 1160. The van der Waals surface area contributed by atoms with Gasteiger partial charge >= 0.3 is 5.97 Å². The van der Waals surface area contributed by atoms with Crippen molar-refractivity contribution in [3.05, 3.63) is 59.7 Å². The van der Waals surface area contributed by atoms with E-state index in [1.807, 2.05) is 0 Å². The first kappa shape index (κ1) is 33.0. The van der Waals surface area contributed by atoms with Crippen LogP contribution >= 0.6 is 0 Å². The van der Waals surface area contributed by atoms with Crippen molar-refractivity contribution >= 4 is 18.4 Å². The number of carbonyl (C=O) groups is 1. The Kier molecular flexibility index (Phi) is 12.8. The van der Waals surface area contributed by atoms with Gasteiger partial charge in [-0.3, -0.25) is 14.8 Å². The number of phenolic OH excluding ortho intramolecular Hbond substituents is 2.